The van der Waals surface area contributed by atoms with E-state index in [0.29, 0.717) is 19.3 Å². The Hall–Kier alpha value is -1.85. The molecule has 0 saturated heterocycles. The fraction of sp³-hybridized carbons (Fsp3) is 0.896. The monoisotopic (exact) mass is 763 g/mol. The van der Waals surface area contributed by atoms with Crippen LogP contribution in [-0.4, -0.2) is 37.2 Å². The molecule has 318 valence electrons. The Morgan fingerprint density at radius 1 is 0.352 bits per heavy atom. The van der Waals surface area contributed by atoms with Gasteiger partial charge in [-0.3, -0.25) is 14.4 Å². The van der Waals surface area contributed by atoms with Crippen LogP contribution >= 0.6 is 0 Å². The Labute approximate surface area is 335 Å². The molecule has 1 unspecified atom stereocenters. The first-order chi connectivity index (χ1) is 26.5. The second-order valence-corrected chi connectivity index (χ2v) is 16.0. The topological polar surface area (TPSA) is 78.9 Å². The standard InChI is InChI=1S/C48H90O6/c1-4-7-10-13-16-19-22-23-24-25-27-29-32-35-38-41-47(50)53-44-45(43-52-46(49)40-37-34-31-28-21-18-15-12-9-6-3)54-48(51)42-39-36-33-30-26-20-17-14-11-8-5-2/h15,18,45H,4-14,16-17,19-44H2,1-3H3/b18-15-. The number of carbonyl (C=O) groups excluding carboxylic acids is 3. The van der Waals surface area contributed by atoms with Crippen molar-refractivity contribution in [3.63, 3.8) is 0 Å². The summed E-state index contributed by atoms with van der Waals surface area (Å²) in [6.07, 6.45) is 46.2. The van der Waals surface area contributed by atoms with Gasteiger partial charge in [0, 0.05) is 19.3 Å². The quantitative estimate of drug-likeness (QED) is 0.0266. The van der Waals surface area contributed by atoms with Crippen LogP contribution in [0.4, 0.5) is 0 Å². The van der Waals surface area contributed by atoms with Gasteiger partial charge in [0.25, 0.3) is 0 Å². The van der Waals surface area contributed by atoms with Crippen LogP contribution in [0.25, 0.3) is 0 Å². The molecule has 0 radical (unpaired) electrons. The lowest BCUT2D eigenvalue weighted by Gasteiger charge is -2.18. The van der Waals surface area contributed by atoms with Crippen molar-refractivity contribution in [1.82, 2.24) is 0 Å². The van der Waals surface area contributed by atoms with E-state index >= 15 is 0 Å². The molecule has 0 rings (SSSR count). The lowest BCUT2D eigenvalue weighted by Crippen LogP contribution is -2.30. The van der Waals surface area contributed by atoms with Crippen molar-refractivity contribution in [2.75, 3.05) is 13.2 Å². The van der Waals surface area contributed by atoms with E-state index in [1.165, 1.54) is 141 Å². The molecule has 0 aliphatic heterocycles. The summed E-state index contributed by atoms with van der Waals surface area (Å²) in [6.45, 7) is 6.59. The zero-order valence-electron chi connectivity index (χ0n) is 36.3. The zero-order chi connectivity index (χ0) is 39.4. The molecular weight excluding hydrogens is 673 g/mol. The third-order valence-electron chi connectivity index (χ3n) is 10.5. The lowest BCUT2D eigenvalue weighted by atomic mass is 10.0. The second-order valence-electron chi connectivity index (χ2n) is 16.0. The molecular formula is C48H90O6. The van der Waals surface area contributed by atoms with Crippen LogP contribution in [0.2, 0.25) is 0 Å². The summed E-state index contributed by atoms with van der Waals surface area (Å²) in [5, 5.41) is 0. The van der Waals surface area contributed by atoms with Crippen LogP contribution in [0.1, 0.15) is 258 Å². The van der Waals surface area contributed by atoms with E-state index < -0.39 is 6.10 Å². The normalized spacial score (nSPS) is 12.0. The van der Waals surface area contributed by atoms with E-state index in [0.717, 1.165) is 77.0 Å². The largest absolute Gasteiger partial charge is 0.462 e. The maximum Gasteiger partial charge on any atom is 0.306 e. The predicted octanol–water partition coefficient (Wildman–Crippen LogP) is 15.0. The lowest BCUT2D eigenvalue weighted by molar-refractivity contribution is -0.167. The Kier molecular flexibility index (Phi) is 42.4. The molecule has 54 heavy (non-hydrogen) atoms. The molecule has 6 nitrogen and oxygen atoms in total. The van der Waals surface area contributed by atoms with Gasteiger partial charge in [0.05, 0.1) is 0 Å². The molecule has 0 amide bonds. The highest BCUT2D eigenvalue weighted by molar-refractivity contribution is 5.71. The first kappa shape index (κ1) is 52.2. The van der Waals surface area contributed by atoms with Crippen molar-refractivity contribution in [1.29, 1.82) is 0 Å². The molecule has 0 aliphatic carbocycles. The summed E-state index contributed by atoms with van der Waals surface area (Å²) in [6, 6.07) is 0. The number of esters is 3. The number of unbranched alkanes of at least 4 members (excludes halogenated alkanes) is 30. The minimum Gasteiger partial charge on any atom is -0.462 e. The summed E-state index contributed by atoms with van der Waals surface area (Å²) in [7, 11) is 0. The first-order valence-electron chi connectivity index (χ1n) is 23.7. The summed E-state index contributed by atoms with van der Waals surface area (Å²) in [5.41, 5.74) is 0. The summed E-state index contributed by atoms with van der Waals surface area (Å²) >= 11 is 0. The van der Waals surface area contributed by atoms with E-state index in [-0.39, 0.29) is 31.1 Å². The Bertz CT molecular complexity index is 839. The van der Waals surface area contributed by atoms with E-state index in [9.17, 15) is 14.4 Å². The van der Waals surface area contributed by atoms with Gasteiger partial charge in [-0.05, 0) is 38.5 Å². The average Bonchev–Trinajstić information content (AvgIpc) is 3.17. The van der Waals surface area contributed by atoms with Crippen LogP contribution in [0, 0.1) is 0 Å². The van der Waals surface area contributed by atoms with Gasteiger partial charge in [0.15, 0.2) is 6.10 Å². The molecule has 0 aliphatic rings. The number of allylic oxidation sites excluding steroid dienone is 2. The summed E-state index contributed by atoms with van der Waals surface area (Å²) < 4.78 is 16.7. The van der Waals surface area contributed by atoms with Gasteiger partial charge >= 0.3 is 17.9 Å². The van der Waals surface area contributed by atoms with Crippen molar-refractivity contribution in [2.24, 2.45) is 0 Å². The van der Waals surface area contributed by atoms with Crippen molar-refractivity contribution < 1.29 is 28.6 Å². The van der Waals surface area contributed by atoms with Crippen LogP contribution in [0.3, 0.4) is 0 Å². The molecule has 0 aromatic carbocycles. The highest BCUT2D eigenvalue weighted by Gasteiger charge is 2.19. The minimum absolute atomic E-state index is 0.0688. The van der Waals surface area contributed by atoms with E-state index in [1.54, 1.807) is 0 Å². The predicted molar refractivity (Wildman–Crippen MR) is 229 cm³/mol. The van der Waals surface area contributed by atoms with Gasteiger partial charge in [-0.2, -0.15) is 0 Å². The third-order valence-corrected chi connectivity index (χ3v) is 10.5. The maximum absolute atomic E-state index is 12.7. The van der Waals surface area contributed by atoms with Gasteiger partial charge in [-0.25, -0.2) is 0 Å². The molecule has 0 heterocycles. The molecule has 0 spiro atoms. The molecule has 0 fully saturated rings. The van der Waals surface area contributed by atoms with Crippen LogP contribution in [-0.2, 0) is 28.6 Å². The van der Waals surface area contributed by atoms with Gasteiger partial charge in [0.1, 0.15) is 13.2 Å². The van der Waals surface area contributed by atoms with Crippen molar-refractivity contribution in [2.45, 2.75) is 264 Å². The number of rotatable bonds is 43. The Morgan fingerprint density at radius 2 is 0.630 bits per heavy atom. The number of hydrogen-bond donors (Lipinski definition) is 0. The van der Waals surface area contributed by atoms with Crippen molar-refractivity contribution in [3.8, 4) is 0 Å². The van der Waals surface area contributed by atoms with Gasteiger partial charge in [-0.1, -0.05) is 213 Å². The van der Waals surface area contributed by atoms with Gasteiger partial charge in [-0.15, -0.1) is 0 Å². The first-order valence-corrected chi connectivity index (χ1v) is 23.7. The van der Waals surface area contributed by atoms with Crippen LogP contribution < -0.4 is 0 Å². The molecule has 0 aromatic heterocycles. The van der Waals surface area contributed by atoms with Crippen LogP contribution in [0.15, 0.2) is 12.2 Å². The highest BCUT2D eigenvalue weighted by Crippen LogP contribution is 2.16. The fourth-order valence-corrected chi connectivity index (χ4v) is 6.89. The van der Waals surface area contributed by atoms with Crippen LogP contribution in [0.5, 0.6) is 0 Å². The average molecular weight is 763 g/mol. The SMILES string of the molecule is CCCC/C=C\CCCCCCC(=O)OCC(COC(=O)CCCCCCCCCCCCCCCCC)OC(=O)CCCCCCCCCCCCC. The number of ether oxygens (including phenoxy) is 3. The molecule has 0 aromatic rings. The second kappa shape index (κ2) is 43.9. The number of carbonyl (C=O) groups is 3. The third kappa shape index (κ3) is 41.3. The molecule has 0 N–H and O–H groups in total. The Morgan fingerprint density at radius 3 is 0.981 bits per heavy atom. The van der Waals surface area contributed by atoms with E-state index in [1.807, 2.05) is 0 Å². The van der Waals surface area contributed by atoms with E-state index in [4.69, 9.17) is 14.2 Å². The Balaban J connectivity index is 4.30. The smallest absolute Gasteiger partial charge is 0.306 e. The zero-order valence-corrected chi connectivity index (χ0v) is 36.3. The molecule has 0 saturated carbocycles. The molecule has 0 bridgehead atoms. The minimum atomic E-state index is -0.765. The molecule has 1 atom stereocenters. The van der Waals surface area contributed by atoms with Crippen molar-refractivity contribution in [3.05, 3.63) is 12.2 Å². The summed E-state index contributed by atoms with van der Waals surface area (Å²) in [5.74, 6) is -0.873. The number of hydrogen-bond acceptors (Lipinski definition) is 6. The van der Waals surface area contributed by atoms with E-state index in [2.05, 4.69) is 32.9 Å². The maximum atomic E-state index is 12.7. The molecule has 6 heteroatoms. The van der Waals surface area contributed by atoms with Crippen molar-refractivity contribution >= 4 is 17.9 Å². The fourth-order valence-electron chi connectivity index (χ4n) is 6.89. The highest BCUT2D eigenvalue weighted by atomic mass is 16.6. The van der Waals surface area contributed by atoms with Gasteiger partial charge < -0.3 is 14.2 Å². The van der Waals surface area contributed by atoms with Gasteiger partial charge in [0.2, 0.25) is 0 Å². The summed E-state index contributed by atoms with van der Waals surface area (Å²) in [4.78, 5) is 37.7.